The summed E-state index contributed by atoms with van der Waals surface area (Å²) in [4.78, 5) is 14.6. The van der Waals surface area contributed by atoms with Crippen molar-refractivity contribution in [2.45, 2.75) is 62.5 Å². The molecule has 0 bridgehead atoms. The molecular weight excluding hydrogens is 395 g/mol. The predicted molar refractivity (Wildman–Crippen MR) is 102 cm³/mol. The maximum atomic E-state index is 14.5. The summed E-state index contributed by atoms with van der Waals surface area (Å²) in [5.74, 6) is -1.41. The third-order valence-electron chi connectivity index (χ3n) is 6.08. The molecule has 10 heteroatoms. The van der Waals surface area contributed by atoms with Crippen molar-refractivity contribution in [1.82, 2.24) is 20.9 Å². The van der Waals surface area contributed by atoms with E-state index in [4.69, 9.17) is 11.6 Å². The maximum absolute atomic E-state index is 14.5. The minimum atomic E-state index is -3.63. The molecule has 1 amide bonds. The standard InChI is InChI=1S/C17H30ClFN4O3S/c18-14-7-12(15-8-20-10-21-15)6-13(16(14)19)17(24)22-23-27(25,26)9-11-4-2-1-3-5-11/h11-16,20-21,23H,1-10H2,(H,22,24). The summed E-state index contributed by atoms with van der Waals surface area (Å²) in [7, 11) is -3.63. The lowest BCUT2D eigenvalue weighted by Crippen LogP contribution is -2.52. The Morgan fingerprint density at radius 2 is 1.93 bits per heavy atom. The minimum absolute atomic E-state index is 0.00454. The molecule has 7 nitrogen and oxygen atoms in total. The van der Waals surface area contributed by atoms with Crippen molar-refractivity contribution >= 4 is 27.5 Å². The Kier molecular flexibility index (Phi) is 7.35. The van der Waals surface area contributed by atoms with E-state index in [2.05, 4.69) is 20.9 Å². The van der Waals surface area contributed by atoms with E-state index in [1.165, 1.54) is 0 Å². The average molecular weight is 425 g/mol. The van der Waals surface area contributed by atoms with Crippen LogP contribution >= 0.6 is 11.6 Å². The van der Waals surface area contributed by atoms with Gasteiger partial charge in [-0.15, -0.1) is 16.4 Å². The van der Waals surface area contributed by atoms with Crippen LogP contribution in [0.15, 0.2) is 0 Å². The van der Waals surface area contributed by atoms with Crippen LogP contribution in [0.2, 0.25) is 0 Å². The number of nitrogens with one attached hydrogen (secondary N) is 4. The molecule has 3 aliphatic rings. The Morgan fingerprint density at radius 1 is 1.19 bits per heavy atom. The van der Waals surface area contributed by atoms with Gasteiger partial charge in [-0.05, 0) is 37.5 Å². The molecule has 5 atom stereocenters. The fourth-order valence-electron chi connectivity index (χ4n) is 4.57. The van der Waals surface area contributed by atoms with Crippen LogP contribution in [0.1, 0.15) is 44.9 Å². The van der Waals surface area contributed by atoms with Crippen molar-refractivity contribution in [2.75, 3.05) is 19.0 Å². The van der Waals surface area contributed by atoms with Gasteiger partial charge in [0.2, 0.25) is 15.9 Å². The van der Waals surface area contributed by atoms with Crippen LogP contribution < -0.4 is 20.9 Å². The third kappa shape index (κ3) is 5.76. The fraction of sp³-hybridized carbons (Fsp3) is 0.941. The highest BCUT2D eigenvalue weighted by Gasteiger charge is 2.44. The highest BCUT2D eigenvalue weighted by atomic mass is 35.5. The zero-order valence-electron chi connectivity index (χ0n) is 15.4. The Bertz CT molecular complexity index is 611. The van der Waals surface area contributed by atoms with Gasteiger partial charge in [-0.3, -0.25) is 10.2 Å². The molecule has 0 radical (unpaired) electrons. The largest absolute Gasteiger partial charge is 0.303 e. The summed E-state index contributed by atoms with van der Waals surface area (Å²) in [5, 5.41) is 5.72. The number of sulfonamides is 1. The number of rotatable bonds is 6. The molecule has 1 aliphatic heterocycles. The average Bonchev–Trinajstić information content (AvgIpc) is 3.17. The Morgan fingerprint density at radius 3 is 2.59 bits per heavy atom. The molecule has 156 valence electrons. The van der Waals surface area contributed by atoms with Gasteiger partial charge in [0.25, 0.3) is 0 Å². The minimum Gasteiger partial charge on any atom is -0.303 e. The van der Waals surface area contributed by atoms with E-state index in [0.29, 0.717) is 19.5 Å². The molecule has 0 aromatic rings. The van der Waals surface area contributed by atoms with Crippen LogP contribution in [0.25, 0.3) is 0 Å². The maximum Gasteiger partial charge on any atom is 0.241 e. The number of hydrogen-bond acceptors (Lipinski definition) is 5. The Balaban J connectivity index is 1.53. The van der Waals surface area contributed by atoms with Gasteiger partial charge < -0.3 is 10.6 Å². The number of hydrazine groups is 1. The second-order valence-electron chi connectivity index (χ2n) is 8.12. The van der Waals surface area contributed by atoms with E-state index in [1.807, 2.05) is 0 Å². The molecule has 3 rings (SSSR count). The number of carbonyl (C=O) groups excluding carboxylic acids is 1. The first kappa shape index (κ1) is 21.2. The number of hydrogen-bond donors (Lipinski definition) is 4. The number of amides is 1. The molecule has 27 heavy (non-hydrogen) atoms. The number of carbonyl (C=O) groups is 1. The molecule has 3 fully saturated rings. The molecule has 4 N–H and O–H groups in total. The van der Waals surface area contributed by atoms with Crippen LogP contribution in [0.5, 0.6) is 0 Å². The molecule has 0 aromatic heterocycles. The van der Waals surface area contributed by atoms with Gasteiger partial charge in [0, 0.05) is 19.3 Å². The van der Waals surface area contributed by atoms with Crippen molar-refractivity contribution in [3.05, 3.63) is 0 Å². The predicted octanol–water partition coefficient (Wildman–Crippen LogP) is 1.01. The first-order valence-electron chi connectivity index (χ1n) is 9.87. The van der Waals surface area contributed by atoms with Crippen LogP contribution in [-0.4, -0.2) is 50.9 Å². The third-order valence-corrected chi connectivity index (χ3v) is 7.83. The van der Waals surface area contributed by atoms with Crippen molar-refractivity contribution in [2.24, 2.45) is 17.8 Å². The van der Waals surface area contributed by atoms with Crippen LogP contribution in [-0.2, 0) is 14.8 Å². The summed E-state index contributed by atoms with van der Waals surface area (Å²) in [5.41, 5.74) is 2.23. The van der Waals surface area contributed by atoms with E-state index in [9.17, 15) is 17.6 Å². The second-order valence-corrected chi connectivity index (χ2v) is 10.4. The lowest BCUT2D eigenvalue weighted by Gasteiger charge is -2.37. The monoisotopic (exact) mass is 424 g/mol. The second kappa shape index (κ2) is 9.35. The summed E-state index contributed by atoms with van der Waals surface area (Å²) in [6, 6.07) is 0.150. The van der Waals surface area contributed by atoms with Crippen molar-refractivity contribution < 1.29 is 17.6 Å². The van der Waals surface area contributed by atoms with E-state index in [1.54, 1.807) is 0 Å². The summed E-state index contributed by atoms with van der Waals surface area (Å²) >= 11 is 6.16. The topological polar surface area (TPSA) is 99.3 Å². The molecule has 2 saturated carbocycles. The normalized spacial score (nSPS) is 35.9. The molecule has 0 spiro atoms. The smallest absolute Gasteiger partial charge is 0.241 e. The zero-order chi connectivity index (χ0) is 19.4. The molecule has 1 heterocycles. The molecule has 5 unspecified atom stereocenters. The molecule has 2 aliphatic carbocycles. The SMILES string of the molecule is O=C(NNS(=O)(=O)CC1CCCCC1)C1CC(C2CNCN2)CC(Cl)C1F. The number of halogens is 2. The summed E-state index contributed by atoms with van der Waals surface area (Å²) < 4.78 is 39.0. The van der Waals surface area contributed by atoms with E-state index in [-0.39, 0.29) is 23.6 Å². The van der Waals surface area contributed by atoms with Gasteiger partial charge in [-0.2, -0.15) is 0 Å². The van der Waals surface area contributed by atoms with E-state index in [0.717, 1.165) is 38.6 Å². The first-order chi connectivity index (χ1) is 12.9. The molecule has 0 aromatic carbocycles. The van der Waals surface area contributed by atoms with Gasteiger partial charge >= 0.3 is 0 Å². The van der Waals surface area contributed by atoms with Gasteiger partial charge in [-0.25, -0.2) is 12.8 Å². The van der Waals surface area contributed by atoms with Gasteiger partial charge in [0.15, 0.2) is 0 Å². The highest BCUT2D eigenvalue weighted by Crippen LogP contribution is 2.37. The van der Waals surface area contributed by atoms with Crippen LogP contribution in [0.4, 0.5) is 4.39 Å². The van der Waals surface area contributed by atoms with Crippen molar-refractivity contribution in [1.29, 1.82) is 0 Å². The van der Waals surface area contributed by atoms with E-state index < -0.39 is 33.4 Å². The van der Waals surface area contributed by atoms with Crippen molar-refractivity contribution in [3.8, 4) is 0 Å². The van der Waals surface area contributed by atoms with Crippen molar-refractivity contribution in [3.63, 3.8) is 0 Å². The lowest BCUT2D eigenvalue weighted by atomic mass is 9.76. The first-order valence-corrected chi connectivity index (χ1v) is 12.0. The molecule has 1 saturated heterocycles. The quantitative estimate of drug-likeness (QED) is 0.376. The number of alkyl halides is 2. The van der Waals surface area contributed by atoms with E-state index >= 15 is 0 Å². The summed E-state index contributed by atoms with van der Waals surface area (Å²) in [6.45, 7) is 1.44. The van der Waals surface area contributed by atoms with Crippen LogP contribution in [0.3, 0.4) is 0 Å². The molecular formula is C17H30ClFN4O3S. The van der Waals surface area contributed by atoms with Gasteiger partial charge in [0.05, 0.1) is 17.0 Å². The van der Waals surface area contributed by atoms with Gasteiger partial charge in [-0.1, -0.05) is 19.3 Å². The lowest BCUT2D eigenvalue weighted by molar-refractivity contribution is -0.129. The highest BCUT2D eigenvalue weighted by molar-refractivity contribution is 7.89. The van der Waals surface area contributed by atoms with Crippen LogP contribution in [0, 0.1) is 17.8 Å². The Hall–Kier alpha value is -0.480. The summed E-state index contributed by atoms with van der Waals surface area (Å²) in [6.07, 6.45) is 4.37. The van der Waals surface area contributed by atoms with Gasteiger partial charge in [0.1, 0.15) is 6.17 Å². The fourth-order valence-corrected chi connectivity index (χ4v) is 6.26. The zero-order valence-corrected chi connectivity index (χ0v) is 17.0. The Labute approximate surface area is 165 Å².